The summed E-state index contributed by atoms with van der Waals surface area (Å²) in [5, 5.41) is 11.5. The van der Waals surface area contributed by atoms with Crippen molar-refractivity contribution in [3.05, 3.63) is 59.4 Å². The molecule has 0 spiro atoms. The van der Waals surface area contributed by atoms with Crippen LogP contribution in [0.3, 0.4) is 0 Å². The van der Waals surface area contributed by atoms with E-state index in [1.807, 2.05) is 0 Å². The summed E-state index contributed by atoms with van der Waals surface area (Å²) in [5.74, 6) is 0.0678. The Morgan fingerprint density at radius 1 is 1.14 bits per heavy atom. The molecule has 0 fully saturated rings. The molecule has 0 N–H and O–H groups in total. The summed E-state index contributed by atoms with van der Waals surface area (Å²) in [7, 11) is 0. The highest BCUT2D eigenvalue weighted by Crippen LogP contribution is 2.35. The van der Waals surface area contributed by atoms with Gasteiger partial charge in [-0.1, -0.05) is 29.1 Å². The van der Waals surface area contributed by atoms with Crippen molar-refractivity contribution in [2.45, 2.75) is 30.4 Å². The first-order chi connectivity index (χ1) is 13.7. The molecule has 11 heteroatoms. The number of thioether (sulfide) groups is 1. The smallest absolute Gasteiger partial charge is 0.338 e. The molecule has 3 aromatic heterocycles. The lowest BCUT2D eigenvalue weighted by atomic mass is 10.1. The van der Waals surface area contributed by atoms with Gasteiger partial charge in [-0.25, -0.2) is 4.39 Å². The Bertz CT molecular complexity index is 1190. The molecular formula is C18H13F4N5OS. The zero-order chi connectivity index (χ0) is 20.8. The van der Waals surface area contributed by atoms with Crippen molar-refractivity contribution in [1.82, 2.24) is 24.7 Å². The van der Waals surface area contributed by atoms with Gasteiger partial charge in [0.2, 0.25) is 11.7 Å². The van der Waals surface area contributed by atoms with E-state index in [1.54, 1.807) is 26.0 Å². The normalized spacial score (nSPS) is 13.2. The largest absolute Gasteiger partial charge is 0.417 e. The average Bonchev–Trinajstić information content (AvgIpc) is 3.31. The molecule has 0 aliphatic rings. The van der Waals surface area contributed by atoms with Crippen LogP contribution in [-0.4, -0.2) is 24.7 Å². The Balaban J connectivity index is 1.59. The van der Waals surface area contributed by atoms with Crippen molar-refractivity contribution in [3.8, 4) is 11.4 Å². The van der Waals surface area contributed by atoms with Crippen LogP contribution in [0.2, 0.25) is 0 Å². The predicted molar refractivity (Wildman–Crippen MR) is 96.7 cm³/mol. The van der Waals surface area contributed by atoms with Crippen molar-refractivity contribution in [3.63, 3.8) is 0 Å². The van der Waals surface area contributed by atoms with Gasteiger partial charge in [0.1, 0.15) is 5.82 Å². The van der Waals surface area contributed by atoms with Gasteiger partial charge >= 0.3 is 6.18 Å². The molecule has 0 radical (unpaired) electrons. The van der Waals surface area contributed by atoms with Gasteiger partial charge in [-0.15, -0.1) is 10.2 Å². The predicted octanol–water partition coefficient (Wildman–Crippen LogP) is 5.10. The lowest BCUT2D eigenvalue weighted by Gasteiger charge is -2.08. The molecule has 6 nitrogen and oxygen atoms in total. The van der Waals surface area contributed by atoms with Crippen molar-refractivity contribution >= 4 is 17.4 Å². The fourth-order valence-electron chi connectivity index (χ4n) is 2.58. The summed E-state index contributed by atoms with van der Waals surface area (Å²) in [6.45, 7) is 3.39. The number of hydrogen-bond donors (Lipinski definition) is 0. The first-order valence-electron chi connectivity index (χ1n) is 8.41. The number of alkyl halides is 3. The number of aryl methyl sites for hydroxylation is 1. The summed E-state index contributed by atoms with van der Waals surface area (Å²) in [6.07, 6.45) is -3.53. The fraction of sp³-hybridized carbons (Fsp3) is 0.222. The number of rotatable bonds is 4. The van der Waals surface area contributed by atoms with E-state index >= 15 is 0 Å². The number of hydrogen-bond acceptors (Lipinski definition) is 6. The molecule has 4 rings (SSSR count). The molecule has 0 bridgehead atoms. The van der Waals surface area contributed by atoms with E-state index in [1.165, 1.54) is 16.5 Å². The number of nitrogens with zero attached hydrogens (tertiary/aromatic N) is 5. The molecule has 1 unspecified atom stereocenters. The molecule has 0 saturated carbocycles. The third-order valence-electron chi connectivity index (χ3n) is 4.20. The number of benzene rings is 1. The van der Waals surface area contributed by atoms with Crippen LogP contribution in [-0.2, 0) is 6.18 Å². The first kappa shape index (κ1) is 19.4. The van der Waals surface area contributed by atoms with Crippen LogP contribution in [0.1, 0.15) is 29.2 Å². The Morgan fingerprint density at radius 2 is 1.93 bits per heavy atom. The molecule has 0 saturated heterocycles. The molecule has 0 amide bonds. The van der Waals surface area contributed by atoms with E-state index in [-0.39, 0.29) is 28.3 Å². The van der Waals surface area contributed by atoms with Gasteiger partial charge in [0.25, 0.3) is 0 Å². The Labute approximate surface area is 166 Å². The van der Waals surface area contributed by atoms with Gasteiger partial charge in [0.15, 0.2) is 10.8 Å². The van der Waals surface area contributed by atoms with Crippen molar-refractivity contribution in [2.24, 2.45) is 0 Å². The summed E-state index contributed by atoms with van der Waals surface area (Å²) < 4.78 is 59.2. The maximum Gasteiger partial charge on any atom is 0.417 e. The van der Waals surface area contributed by atoms with Crippen LogP contribution in [0.15, 0.2) is 46.2 Å². The molecule has 3 heterocycles. The fourth-order valence-corrected chi connectivity index (χ4v) is 3.44. The van der Waals surface area contributed by atoms with Crippen LogP contribution < -0.4 is 0 Å². The van der Waals surface area contributed by atoms with E-state index < -0.39 is 17.0 Å². The standard InChI is InChI=1S/C18H13F4N5OS/c1-9-3-4-11(7-13(9)19)15-23-16(28-26-15)10(2)29-17-25-24-14-6-5-12(8-27(14)17)18(20,21)22/h3-8,10H,1-2H3. The molecule has 0 aliphatic heterocycles. The quantitative estimate of drug-likeness (QED) is 0.336. The Kier molecular flexibility index (Phi) is 4.77. The van der Waals surface area contributed by atoms with Crippen LogP contribution in [0.25, 0.3) is 17.0 Å². The second kappa shape index (κ2) is 7.14. The molecule has 150 valence electrons. The maximum atomic E-state index is 13.8. The number of halogens is 4. The monoisotopic (exact) mass is 423 g/mol. The number of fused-ring (bicyclic) bond motifs is 1. The summed E-state index contributed by atoms with van der Waals surface area (Å²) in [5.41, 5.74) is 0.441. The van der Waals surface area contributed by atoms with Crippen molar-refractivity contribution in [2.75, 3.05) is 0 Å². The van der Waals surface area contributed by atoms with Gasteiger partial charge in [-0.05, 0) is 37.6 Å². The second-order valence-electron chi connectivity index (χ2n) is 6.31. The van der Waals surface area contributed by atoms with E-state index in [2.05, 4.69) is 20.3 Å². The SMILES string of the molecule is Cc1ccc(-c2noc(C(C)Sc3nnc4ccc(C(F)(F)F)cn34)n2)cc1F. The van der Waals surface area contributed by atoms with Crippen LogP contribution in [0.5, 0.6) is 0 Å². The second-order valence-corrected chi connectivity index (χ2v) is 7.61. The topological polar surface area (TPSA) is 69.1 Å². The third-order valence-corrected chi connectivity index (χ3v) is 5.24. The highest BCUT2D eigenvalue weighted by Gasteiger charge is 2.31. The Morgan fingerprint density at radius 3 is 2.66 bits per heavy atom. The third kappa shape index (κ3) is 3.82. The summed E-state index contributed by atoms with van der Waals surface area (Å²) in [6, 6.07) is 6.80. The zero-order valence-electron chi connectivity index (χ0n) is 15.1. The molecule has 29 heavy (non-hydrogen) atoms. The summed E-state index contributed by atoms with van der Waals surface area (Å²) >= 11 is 1.12. The lowest BCUT2D eigenvalue weighted by Crippen LogP contribution is -2.06. The highest BCUT2D eigenvalue weighted by atomic mass is 32.2. The number of pyridine rings is 1. The minimum Gasteiger partial charge on any atom is -0.338 e. The van der Waals surface area contributed by atoms with Crippen LogP contribution in [0, 0.1) is 12.7 Å². The van der Waals surface area contributed by atoms with Crippen molar-refractivity contribution < 1.29 is 22.1 Å². The molecule has 1 aromatic carbocycles. The maximum absolute atomic E-state index is 13.8. The Hall–Kier alpha value is -2.95. The summed E-state index contributed by atoms with van der Waals surface area (Å²) in [4.78, 5) is 4.27. The molecule has 4 aromatic rings. The van der Waals surface area contributed by atoms with Gasteiger partial charge in [-0.3, -0.25) is 4.40 Å². The van der Waals surface area contributed by atoms with E-state index in [0.717, 1.165) is 24.0 Å². The van der Waals surface area contributed by atoms with Gasteiger partial charge in [-0.2, -0.15) is 18.2 Å². The van der Waals surface area contributed by atoms with Gasteiger partial charge < -0.3 is 4.52 Å². The average molecular weight is 423 g/mol. The van der Waals surface area contributed by atoms with Crippen LogP contribution in [0.4, 0.5) is 17.6 Å². The molecule has 1 atom stereocenters. The van der Waals surface area contributed by atoms with Crippen molar-refractivity contribution in [1.29, 1.82) is 0 Å². The highest BCUT2D eigenvalue weighted by molar-refractivity contribution is 7.99. The first-order valence-corrected chi connectivity index (χ1v) is 9.29. The van der Waals surface area contributed by atoms with Gasteiger partial charge in [0.05, 0.1) is 10.8 Å². The minimum atomic E-state index is -4.48. The molecule has 0 aliphatic carbocycles. The van der Waals surface area contributed by atoms with E-state index in [9.17, 15) is 17.6 Å². The zero-order valence-corrected chi connectivity index (χ0v) is 15.9. The number of aromatic nitrogens is 5. The van der Waals surface area contributed by atoms with Gasteiger partial charge in [0, 0.05) is 11.8 Å². The van der Waals surface area contributed by atoms with Crippen LogP contribution >= 0.6 is 11.8 Å². The lowest BCUT2D eigenvalue weighted by molar-refractivity contribution is -0.137. The van der Waals surface area contributed by atoms with E-state index in [4.69, 9.17) is 4.52 Å². The van der Waals surface area contributed by atoms with E-state index in [0.29, 0.717) is 11.1 Å². The molecular weight excluding hydrogens is 410 g/mol. The minimum absolute atomic E-state index is 0.219.